The first-order valence-electron chi connectivity index (χ1n) is 10.3. The molecule has 0 bridgehead atoms. The molecule has 1 atom stereocenters. The van der Waals surface area contributed by atoms with E-state index in [2.05, 4.69) is 11.1 Å². The smallest absolute Gasteiger partial charge is 0.312 e. The van der Waals surface area contributed by atoms with E-state index in [4.69, 9.17) is 14.2 Å². The van der Waals surface area contributed by atoms with Gasteiger partial charge in [-0.3, -0.25) is 14.6 Å². The summed E-state index contributed by atoms with van der Waals surface area (Å²) in [6.45, 7) is 0.352. The number of para-hydroxylation sites is 1. The zero-order valence-electron chi connectivity index (χ0n) is 16.9. The van der Waals surface area contributed by atoms with Crippen LogP contribution in [0.2, 0.25) is 0 Å². The highest BCUT2D eigenvalue weighted by atomic mass is 16.5. The normalized spacial score (nSPS) is 19.8. The number of ether oxygens (including phenoxy) is 3. The van der Waals surface area contributed by atoms with Crippen LogP contribution < -0.4 is 14.2 Å². The molecule has 2 aromatic carbocycles. The summed E-state index contributed by atoms with van der Waals surface area (Å²) >= 11 is 0. The first-order chi connectivity index (χ1) is 15.7. The number of hydrogen-bond acceptors (Lipinski definition) is 6. The van der Waals surface area contributed by atoms with Crippen LogP contribution in [0.15, 0.2) is 72.3 Å². The molecule has 32 heavy (non-hydrogen) atoms. The number of nitrogens with zero attached hydrogens (tertiary/aromatic N) is 1. The number of carbonyl (C=O) groups excluding carboxylic acids is 2. The minimum atomic E-state index is -0.322. The molecular weight excluding hydrogens is 406 g/mol. The summed E-state index contributed by atoms with van der Waals surface area (Å²) in [7, 11) is 0. The highest BCUT2D eigenvalue weighted by molar-refractivity contribution is 6.15. The van der Waals surface area contributed by atoms with Gasteiger partial charge in [0.05, 0.1) is 12.0 Å². The lowest BCUT2D eigenvalue weighted by Gasteiger charge is -2.29. The number of rotatable bonds is 2. The van der Waals surface area contributed by atoms with Crippen LogP contribution in [0.1, 0.15) is 39.4 Å². The maximum Gasteiger partial charge on any atom is 0.312 e. The number of aromatic nitrogens is 1. The summed E-state index contributed by atoms with van der Waals surface area (Å²) in [6, 6.07) is 14.7. The number of allylic oxidation sites excluding steroid dienone is 1. The molecule has 0 unspecified atom stereocenters. The Labute approximate surface area is 183 Å². The second-order valence-corrected chi connectivity index (χ2v) is 7.86. The number of benzene rings is 2. The summed E-state index contributed by atoms with van der Waals surface area (Å²) in [4.78, 5) is 29.5. The van der Waals surface area contributed by atoms with Gasteiger partial charge in [0.15, 0.2) is 5.76 Å². The summed E-state index contributed by atoms with van der Waals surface area (Å²) in [5.74, 6) is 1.05. The number of pyridine rings is 1. The summed E-state index contributed by atoms with van der Waals surface area (Å²) in [5.41, 5.74) is 3.83. The molecule has 3 aliphatic heterocycles. The van der Waals surface area contributed by atoms with Gasteiger partial charge in [-0.25, -0.2) is 0 Å². The van der Waals surface area contributed by atoms with E-state index >= 15 is 0 Å². The van der Waals surface area contributed by atoms with Gasteiger partial charge < -0.3 is 14.2 Å². The van der Waals surface area contributed by atoms with Crippen LogP contribution in [0.3, 0.4) is 0 Å². The van der Waals surface area contributed by atoms with Crippen LogP contribution in [-0.4, -0.2) is 23.3 Å². The van der Waals surface area contributed by atoms with Crippen LogP contribution in [0.25, 0.3) is 12.2 Å². The third-order valence-corrected chi connectivity index (χ3v) is 5.86. The molecule has 0 N–H and O–H groups in total. The zero-order valence-corrected chi connectivity index (χ0v) is 16.9. The van der Waals surface area contributed by atoms with E-state index in [1.165, 1.54) is 0 Å². The van der Waals surface area contributed by atoms with Crippen LogP contribution in [0.5, 0.6) is 17.2 Å². The first-order valence-corrected chi connectivity index (χ1v) is 10.3. The molecule has 156 valence electrons. The molecule has 3 aliphatic rings. The molecule has 0 amide bonds. The Balaban J connectivity index is 1.45. The molecule has 0 spiro atoms. The minimum Gasteiger partial charge on any atom is -0.489 e. The van der Waals surface area contributed by atoms with E-state index < -0.39 is 0 Å². The second-order valence-electron chi connectivity index (χ2n) is 7.86. The lowest BCUT2D eigenvalue weighted by molar-refractivity contribution is -0.135. The van der Waals surface area contributed by atoms with E-state index in [9.17, 15) is 9.59 Å². The van der Waals surface area contributed by atoms with E-state index in [0.29, 0.717) is 29.2 Å². The Morgan fingerprint density at radius 3 is 2.75 bits per heavy atom. The van der Waals surface area contributed by atoms with E-state index in [1.807, 2.05) is 30.3 Å². The lowest BCUT2D eigenvalue weighted by atomic mass is 9.83. The number of esters is 1. The van der Waals surface area contributed by atoms with Crippen LogP contribution >= 0.6 is 0 Å². The summed E-state index contributed by atoms with van der Waals surface area (Å²) < 4.78 is 17.5. The maximum absolute atomic E-state index is 13.0. The third kappa shape index (κ3) is 3.00. The van der Waals surface area contributed by atoms with Crippen molar-refractivity contribution in [2.45, 2.75) is 12.3 Å². The zero-order chi connectivity index (χ0) is 21.7. The predicted octanol–water partition coefficient (Wildman–Crippen LogP) is 4.57. The largest absolute Gasteiger partial charge is 0.489 e. The van der Waals surface area contributed by atoms with Crippen molar-refractivity contribution in [3.05, 3.63) is 94.5 Å². The lowest BCUT2D eigenvalue weighted by Crippen LogP contribution is -2.24. The number of hydrogen-bond donors (Lipinski definition) is 0. The van der Waals surface area contributed by atoms with Crippen LogP contribution in [0, 0.1) is 0 Å². The van der Waals surface area contributed by atoms with Gasteiger partial charge >= 0.3 is 5.97 Å². The van der Waals surface area contributed by atoms with Crippen molar-refractivity contribution in [1.29, 1.82) is 0 Å². The molecule has 6 rings (SSSR count). The van der Waals surface area contributed by atoms with Gasteiger partial charge in [0.25, 0.3) is 0 Å². The molecule has 0 saturated heterocycles. The second kappa shape index (κ2) is 7.20. The van der Waals surface area contributed by atoms with E-state index in [0.717, 1.165) is 22.4 Å². The maximum atomic E-state index is 13.0. The van der Waals surface area contributed by atoms with Gasteiger partial charge in [0.2, 0.25) is 5.78 Å². The average Bonchev–Trinajstić information content (AvgIpc) is 3.14. The third-order valence-electron chi connectivity index (χ3n) is 5.86. The quantitative estimate of drug-likeness (QED) is 0.342. The number of ketones is 1. The number of Topliss-reactive ketones (excluding diaryl/α,β-unsaturated/α-hetero) is 1. The number of fused-ring (bicyclic) bond motifs is 4. The van der Waals surface area contributed by atoms with Crippen molar-refractivity contribution >= 4 is 23.9 Å². The monoisotopic (exact) mass is 423 g/mol. The molecule has 6 heteroatoms. The topological polar surface area (TPSA) is 74.7 Å². The van der Waals surface area contributed by atoms with E-state index in [-0.39, 0.29) is 29.9 Å². The highest BCUT2D eigenvalue weighted by Crippen LogP contribution is 2.50. The SMILES string of the molecule is O=C1C[C@H](C2=Cc3ccccc3OC2)c2c(ccc3c2O/C(=C\c2cccnc2)C3=O)O1. The Kier molecular flexibility index (Phi) is 4.18. The van der Waals surface area contributed by atoms with Gasteiger partial charge in [-0.2, -0.15) is 0 Å². The first kappa shape index (κ1) is 18.6. The molecule has 4 heterocycles. The van der Waals surface area contributed by atoms with Crippen molar-refractivity contribution in [2.24, 2.45) is 0 Å². The fourth-order valence-electron chi connectivity index (χ4n) is 4.37. The fourth-order valence-corrected chi connectivity index (χ4v) is 4.37. The average molecular weight is 423 g/mol. The molecule has 0 radical (unpaired) electrons. The molecule has 6 nitrogen and oxygen atoms in total. The molecule has 0 fully saturated rings. The van der Waals surface area contributed by atoms with Crippen LogP contribution in [-0.2, 0) is 4.79 Å². The molecule has 3 aromatic rings. The van der Waals surface area contributed by atoms with Crippen molar-refractivity contribution < 1.29 is 23.8 Å². The van der Waals surface area contributed by atoms with Crippen molar-refractivity contribution in [2.75, 3.05) is 6.61 Å². The Morgan fingerprint density at radius 2 is 1.88 bits per heavy atom. The fraction of sp³-hybridized carbons (Fsp3) is 0.115. The Bertz CT molecular complexity index is 1340. The van der Waals surface area contributed by atoms with Crippen molar-refractivity contribution in [1.82, 2.24) is 4.98 Å². The van der Waals surface area contributed by atoms with Gasteiger partial charge in [-0.1, -0.05) is 24.3 Å². The molecular formula is C26H17NO5. The van der Waals surface area contributed by atoms with Gasteiger partial charge in [-0.15, -0.1) is 0 Å². The minimum absolute atomic E-state index is 0.153. The standard InChI is InChI=1S/C26H17NO5/c28-23-12-19(17-11-16-5-1-2-6-20(16)30-14-17)24-21(31-23)8-7-18-25(29)22(32-26(18)24)10-15-4-3-9-27-13-15/h1-11,13,19H,12,14H2/b22-10-/t19-/m1/s1. The Hall–Kier alpha value is -4.19. The molecule has 0 saturated carbocycles. The molecule has 1 aromatic heterocycles. The highest BCUT2D eigenvalue weighted by Gasteiger charge is 2.39. The van der Waals surface area contributed by atoms with Crippen molar-refractivity contribution in [3.63, 3.8) is 0 Å². The predicted molar refractivity (Wildman–Crippen MR) is 117 cm³/mol. The number of carbonyl (C=O) groups is 2. The van der Waals surface area contributed by atoms with Crippen LogP contribution in [0.4, 0.5) is 0 Å². The summed E-state index contributed by atoms with van der Waals surface area (Å²) in [6.07, 6.45) is 7.20. The van der Waals surface area contributed by atoms with Crippen molar-refractivity contribution in [3.8, 4) is 17.2 Å². The molecule has 0 aliphatic carbocycles. The van der Waals surface area contributed by atoms with Gasteiger partial charge in [0.1, 0.15) is 23.9 Å². The Morgan fingerprint density at radius 1 is 0.969 bits per heavy atom. The summed E-state index contributed by atoms with van der Waals surface area (Å²) in [5, 5.41) is 0. The van der Waals surface area contributed by atoms with Gasteiger partial charge in [0, 0.05) is 29.4 Å². The van der Waals surface area contributed by atoms with Gasteiger partial charge in [-0.05, 0) is 47.6 Å². The van der Waals surface area contributed by atoms with E-state index in [1.54, 1.807) is 36.7 Å².